The molecule has 2 N–H and O–H groups in total. The van der Waals surface area contributed by atoms with Crippen LogP contribution in [-0.2, 0) is 19.1 Å². The molecule has 0 radical (unpaired) electrons. The first-order valence-corrected chi connectivity index (χ1v) is 7.89. The number of amides is 2. The Hall–Kier alpha value is -2.31. The van der Waals surface area contributed by atoms with E-state index in [2.05, 4.69) is 10.6 Å². The molecule has 0 aromatic carbocycles. The predicted molar refractivity (Wildman–Crippen MR) is 89.2 cm³/mol. The summed E-state index contributed by atoms with van der Waals surface area (Å²) in [5.74, 6) is -1.03. The zero-order chi connectivity index (χ0) is 18.3. The number of ether oxygens (including phenoxy) is 2. The van der Waals surface area contributed by atoms with Crippen molar-refractivity contribution in [3.63, 3.8) is 0 Å². The fraction of sp³-hybridized carbons (Fsp3) is 0.588. The SMILES string of the molecule is C[C@H](NC(=O)OCC1=CC=CC1)C(=O)N[C@@H](C)C(=O)OC(C)(C)C. The molecule has 0 spiro atoms. The van der Waals surface area contributed by atoms with Gasteiger partial charge < -0.3 is 20.1 Å². The summed E-state index contributed by atoms with van der Waals surface area (Å²) in [6, 6.07) is -1.65. The number of hydrogen-bond donors (Lipinski definition) is 2. The Labute approximate surface area is 142 Å². The summed E-state index contributed by atoms with van der Waals surface area (Å²) in [4.78, 5) is 35.5. The van der Waals surface area contributed by atoms with E-state index in [1.165, 1.54) is 13.8 Å². The second kappa shape index (κ2) is 8.52. The molecule has 0 heterocycles. The van der Waals surface area contributed by atoms with Gasteiger partial charge in [0.1, 0.15) is 24.3 Å². The van der Waals surface area contributed by atoms with Gasteiger partial charge in [-0.25, -0.2) is 9.59 Å². The average molecular weight is 338 g/mol. The molecule has 0 unspecified atom stereocenters. The Balaban J connectivity index is 2.35. The quantitative estimate of drug-likeness (QED) is 0.721. The second-order valence-electron chi connectivity index (χ2n) is 6.66. The Kier molecular flexibility index (Phi) is 7.00. The van der Waals surface area contributed by atoms with Crippen molar-refractivity contribution in [1.29, 1.82) is 0 Å². The van der Waals surface area contributed by atoms with E-state index in [4.69, 9.17) is 9.47 Å². The zero-order valence-electron chi connectivity index (χ0n) is 14.8. The molecule has 0 fully saturated rings. The molecule has 0 bridgehead atoms. The summed E-state index contributed by atoms with van der Waals surface area (Å²) < 4.78 is 10.2. The average Bonchev–Trinajstić information content (AvgIpc) is 2.96. The zero-order valence-corrected chi connectivity index (χ0v) is 14.8. The van der Waals surface area contributed by atoms with Crippen molar-refractivity contribution >= 4 is 18.0 Å². The van der Waals surface area contributed by atoms with E-state index in [1.807, 2.05) is 18.2 Å². The van der Waals surface area contributed by atoms with Crippen LogP contribution in [0.1, 0.15) is 41.0 Å². The first kappa shape index (κ1) is 19.7. The molecule has 0 saturated heterocycles. The van der Waals surface area contributed by atoms with Crippen molar-refractivity contribution in [3.8, 4) is 0 Å². The van der Waals surface area contributed by atoms with Gasteiger partial charge in [-0.15, -0.1) is 0 Å². The van der Waals surface area contributed by atoms with Crippen LogP contribution in [0.2, 0.25) is 0 Å². The molecule has 1 aliphatic rings. The lowest BCUT2D eigenvalue weighted by molar-refractivity contribution is -0.158. The van der Waals surface area contributed by atoms with Crippen LogP contribution < -0.4 is 10.6 Å². The summed E-state index contributed by atoms with van der Waals surface area (Å²) >= 11 is 0. The van der Waals surface area contributed by atoms with Crippen molar-refractivity contribution in [2.75, 3.05) is 6.61 Å². The number of alkyl carbamates (subject to hydrolysis) is 1. The lowest BCUT2D eigenvalue weighted by Crippen LogP contribution is -2.50. The molecular formula is C17H26N2O5. The first-order chi connectivity index (χ1) is 11.1. The van der Waals surface area contributed by atoms with Crippen LogP contribution in [0.3, 0.4) is 0 Å². The molecule has 7 nitrogen and oxygen atoms in total. The van der Waals surface area contributed by atoms with Crippen molar-refractivity contribution < 1.29 is 23.9 Å². The van der Waals surface area contributed by atoms with Crippen LogP contribution >= 0.6 is 0 Å². The smallest absolute Gasteiger partial charge is 0.408 e. The molecule has 134 valence electrons. The number of allylic oxidation sites excluding steroid dienone is 3. The third-order valence-corrected chi connectivity index (χ3v) is 3.08. The highest BCUT2D eigenvalue weighted by Crippen LogP contribution is 2.10. The van der Waals surface area contributed by atoms with Gasteiger partial charge in [-0.05, 0) is 46.6 Å². The molecule has 0 aromatic heterocycles. The molecule has 2 amide bonds. The minimum absolute atomic E-state index is 0.182. The fourth-order valence-corrected chi connectivity index (χ4v) is 1.83. The first-order valence-electron chi connectivity index (χ1n) is 7.89. The second-order valence-corrected chi connectivity index (χ2v) is 6.66. The molecule has 24 heavy (non-hydrogen) atoms. The van der Waals surface area contributed by atoms with E-state index in [0.29, 0.717) is 0 Å². The maximum absolute atomic E-state index is 12.0. The maximum Gasteiger partial charge on any atom is 0.408 e. The van der Waals surface area contributed by atoms with Gasteiger partial charge in [-0.3, -0.25) is 4.79 Å². The molecular weight excluding hydrogens is 312 g/mol. The van der Waals surface area contributed by atoms with Gasteiger partial charge in [0.2, 0.25) is 5.91 Å². The van der Waals surface area contributed by atoms with Gasteiger partial charge >= 0.3 is 12.1 Å². The van der Waals surface area contributed by atoms with Gasteiger partial charge in [0.25, 0.3) is 0 Å². The van der Waals surface area contributed by atoms with Crippen LogP contribution in [0.25, 0.3) is 0 Å². The highest BCUT2D eigenvalue weighted by atomic mass is 16.6. The number of carbonyl (C=O) groups excluding carboxylic acids is 3. The monoisotopic (exact) mass is 338 g/mol. The van der Waals surface area contributed by atoms with E-state index >= 15 is 0 Å². The van der Waals surface area contributed by atoms with Crippen LogP contribution in [0.4, 0.5) is 4.79 Å². The molecule has 0 saturated carbocycles. The Morgan fingerprint density at radius 2 is 1.83 bits per heavy atom. The number of hydrogen-bond acceptors (Lipinski definition) is 5. The van der Waals surface area contributed by atoms with E-state index in [-0.39, 0.29) is 6.61 Å². The minimum Gasteiger partial charge on any atom is -0.458 e. The molecule has 0 aromatic rings. The Bertz CT molecular complexity index is 546. The van der Waals surface area contributed by atoms with Gasteiger partial charge in [0.05, 0.1) is 0 Å². The highest BCUT2D eigenvalue weighted by Gasteiger charge is 2.25. The normalized spacial score (nSPS) is 16.0. The lowest BCUT2D eigenvalue weighted by Gasteiger charge is -2.23. The van der Waals surface area contributed by atoms with Crippen molar-refractivity contribution in [3.05, 3.63) is 23.8 Å². The van der Waals surface area contributed by atoms with E-state index in [0.717, 1.165) is 12.0 Å². The van der Waals surface area contributed by atoms with Crippen molar-refractivity contribution in [1.82, 2.24) is 10.6 Å². The largest absolute Gasteiger partial charge is 0.458 e. The van der Waals surface area contributed by atoms with Crippen LogP contribution in [-0.4, -0.2) is 42.3 Å². The lowest BCUT2D eigenvalue weighted by atomic mass is 10.2. The third-order valence-electron chi connectivity index (χ3n) is 3.08. The summed E-state index contributed by atoms with van der Waals surface area (Å²) in [6.07, 6.45) is 5.81. The number of esters is 1. The Morgan fingerprint density at radius 1 is 1.17 bits per heavy atom. The molecule has 7 heteroatoms. The highest BCUT2D eigenvalue weighted by molar-refractivity contribution is 5.89. The van der Waals surface area contributed by atoms with E-state index in [1.54, 1.807) is 20.8 Å². The van der Waals surface area contributed by atoms with Gasteiger partial charge in [0, 0.05) is 0 Å². The minimum atomic E-state index is -0.835. The number of carbonyl (C=O) groups is 3. The summed E-state index contributed by atoms with van der Waals surface area (Å²) in [5.41, 5.74) is 0.355. The van der Waals surface area contributed by atoms with Gasteiger partial charge in [-0.2, -0.15) is 0 Å². The molecule has 1 aliphatic carbocycles. The fourth-order valence-electron chi connectivity index (χ4n) is 1.83. The predicted octanol–water partition coefficient (Wildman–Crippen LogP) is 1.83. The number of nitrogens with one attached hydrogen (secondary N) is 2. The summed E-state index contributed by atoms with van der Waals surface area (Å²) in [7, 11) is 0. The van der Waals surface area contributed by atoms with E-state index < -0.39 is 35.7 Å². The standard InChI is InChI=1S/C17H26N2O5/c1-11(19-16(22)23-10-13-8-6-7-9-13)14(20)18-12(2)15(21)24-17(3,4)5/h6-8,11-12H,9-10H2,1-5H3,(H,18,20)(H,19,22)/t11-,12-/m0/s1. The van der Waals surface area contributed by atoms with Crippen molar-refractivity contribution in [2.24, 2.45) is 0 Å². The van der Waals surface area contributed by atoms with Crippen LogP contribution in [0.15, 0.2) is 23.8 Å². The third kappa shape index (κ3) is 7.30. The van der Waals surface area contributed by atoms with Crippen molar-refractivity contribution in [2.45, 2.75) is 58.7 Å². The molecule has 1 rings (SSSR count). The van der Waals surface area contributed by atoms with Gasteiger partial charge in [-0.1, -0.05) is 18.2 Å². The summed E-state index contributed by atoms with van der Waals surface area (Å²) in [6.45, 7) is 8.45. The maximum atomic E-state index is 12.0. The topological polar surface area (TPSA) is 93.7 Å². The molecule has 2 atom stereocenters. The van der Waals surface area contributed by atoms with Crippen LogP contribution in [0.5, 0.6) is 0 Å². The number of rotatable bonds is 6. The van der Waals surface area contributed by atoms with E-state index in [9.17, 15) is 14.4 Å². The molecule has 0 aliphatic heterocycles. The summed E-state index contributed by atoms with van der Waals surface area (Å²) in [5, 5.41) is 4.92. The Morgan fingerprint density at radius 3 is 2.38 bits per heavy atom. The van der Waals surface area contributed by atoms with Crippen LogP contribution in [0, 0.1) is 0 Å². The van der Waals surface area contributed by atoms with Gasteiger partial charge in [0.15, 0.2) is 0 Å².